The third kappa shape index (κ3) is 3.13. The Bertz CT molecular complexity index is 812. The lowest BCUT2D eigenvalue weighted by atomic mass is 10.1. The molecule has 25 heavy (non-hydrogen) atoms. The number of morpholine rings is 1. The van der Waals surface area contributed by atoms with Crippen LogP contribution in [0.3, 0.4) is 0 Å². The van der Waals surface area contributed by atoms with Crippen LogP contribution in [0.15, 0.2) is 42.6 Å². The highest BCUT2D eigenvalue weighted by Crippen LogP contribution is 2.33. The molecule has 2 aliphatic rings. The standard InChI is InChI=1S/C19H20N2O4/c1-20-8-2-3-15(20)16-12-23-10-9-21(16)19(22)7-5-14-4-6-17-18(11-14)25-13-24-17/h2-8,11,16H,9-10,12-13H2,1H3/b7-5+. The molecule has 0 N–H and O–H groups in total. The Kier molecular flexibility index (Phi) is 4.19. The number of carbonyl (C=O) groups is 1. The summed E-state index contributed by atoms with van der Waals surface area (Å²) in [5, 5.41) is 0. The SMILES string of the molecule is Cn1cccc1C1COCCN1C(=O)/C=C/c1ccc2c(c1)OCO2. The van der Waals surface area contributed by atoms with Crippen LogP contribution >= 0.6 is 0 Å². The number of aryl methyl sites for hydroxylation is 1. The molecule has 1 unspecified atom stereocenters. The average molecular weight is 340 g/mol. The first-order chi connectivity index (χ1) is 12.2. The fraction of sp³-hybridized carbons (Fsp3) is 0.316. The number of hydrogen-bond acceptors (Lipinski definition) is 4. The molecule has 0 bridgehead atoms. The predicted octanol–water partition coefficient (Wildman–Crippen LogP) is 2.37. The third-order valence-corrected chi connectivity index (χ3v) is 4.55. The second-order valence-corrected chi connectivity index (χ2v) is 6.11. The summed E-state index contributed by atoms with van der Waals surface area (Å²) in [6, 6.07) is 9.58. The summed E-state index contributed by atoms with van der Waals surface area (Å²) in [6.07, 6.45) is 5.40. The first-order valence-electron chi connectivity index (χ1n) is 8.30. The minimum Gasteiger partial charge on any atom is -0.454 e. The smallest absolute Gasteiger partial charge is 0.247 e. The van der Waals surface area contributed by atoms with E-state index in [0.29, 0.717) is 25.5 Å². The highest BCUT2D eigenvalue weighted by atomic mass is 16.7. The zero-order valence-electron chi connectivity index (χ0n) is 14.1. The Morgan fingerprint density at radius 2 is 2.12 bits per heavy atom. The molecule has 0 aliphatic carbocycles. The van der Waals surface area contributed by atoms with Gasteiger partial charge in [0.25, 0.3) is 0 Å². The van der Waals surface area contributed by atoms with Crippen molar-refractivity contribution in [2.45, 2.75) is 6.04 Å². The molecule has 3 heterocycles. The van der Waals surface area contributed by atoms with Crippen molar-refractivity contribution in [2.75, 3.05) is 26.6 Å². The van der Waals surface area contributed by atoms with E-state index in [4.69, 9.17) is 14.2 Å². The number of ether oxygens (including phenoxy) is 3. The molecule has 1 amide bonds. The van der Waals surface area contributed by atoms with E-state index >= 15 is 0 Å². The van der Waals surface area contributed by atoms with Crippen molar-refractivity contribution in [2.24, 2.45) is 7.05 Å². The zero-order valence-corrected chi connectivity index (χ0v) is 14.1. The van der Waals surface area contributed by atoms with Crippen LogP contribution in [-0.4, -0.2) is 41.9 Å². The summed E-state index contributed by atoms with van der Waals surface area (Å²) in [7, 11) is 1.98. The molecular formula is C19H20N2O4. The van der Waals surface area contributed by atoms with Gasteiger partial charge in [-0.05, 0) is 35.9 Å². The van der Waals surface area contributed by atoms with Gasteiger partial charge >= 0.3 is 0 Å². The van der Waals surface area contributed by atoms with Crippen molar-refractivity contribution in [3.05, 3.63) is 53.9 Å². The lowest BCUT2D eigenvalue weighted by molar-refractivity contribution is -0.135. The van der Waals surface area contributed by atoms with Gasteiger partial charge in [-0.1, -0.05) is 6.07 Å². The molecule has 0 saturated carbocycles. The maximum atomic E-state index is 12.7. The monoisotopic (exact) mass is 340 g/mol. The second kappa shape index (κ2) is 6.64. The first kappa shape index (κ1) is 15.8. The molecule has 1 atom stereocenters. The van der Waals surface area contributed by atoms with Crippen LogP contribution in [0.2, 0.25) is 0 Å². The number of rotatable bonds is 3. The largest absolute Gasteiger partial charge is 0.454 e. The predicted molar refractivity (Wildman–Crippen MR) is 92.3 cm³/mol. The molecule has 1 aromatic heterocycles. The topological polar surface area (TPSA) is 52.9 Å². The van der Waals surface area contributed by atoms with E-state index in [2.05, 4.69) is 0 Å². The Morgan fingerprint density at radius 1 is 1.24 bits per heavy atom. The summed E-state index contributed by atoms with van der Waals surface area (Å²) < 4.78 is 18.3. The van der Waals surface area contributed by atoms with Crippen LogP contribution < -0.4 is 9.47 Å². The number of fused-ring (bicyclic) bond motifs is 1. The van der Waals surface area contributed by atoms with Crippen molar-refractivity contribution < 1.29 is 19.0 Å². The van der Waals surface area contributed by atoms with Gasteiger partial charge in [-0.15, -0.1) is 0 Å². The van der Waals surface area contributed by atoms with Crippen molar-refractivity contribution in [3.8, 4) is 11.5 Å². The van der Waals surface area contributed by atoms with Crippen LogP contribution in [0.25, 0.3) is 6.08 Å². The molecule has 2 aromatic rings. The van der Waals surface area contributed by atoms with Gasteiger partial charge in [0.15, 0.2) is 11.5 Å². The third-order valence-electron chi connectivity index (χ3n) is 4.55. The summed E-state index contributed by atoms with van der Waals surface area (Å²) in [5.74, 6) is 1.43. The molecule has 6 nitrogen and oxygen atoms in total. The van der Waals surface area contributed by atoms with Gasteiger partial charge in [0.05, 0.1) is 19.3 Å². The van der Waals surface area contributed by atoms with E-state index in [1.807, 2.05) is 59.1 Å². The molecule has 130 valence electrons. The number of carbonyl (C=O) groups excluding carboxylic acids is 1. The number of benzene rings is 1. The van der Waals surface area contributed by atoms with E-state index in [1.165, 1.54) is 0 Å². The van der Waals surface area contributed by atoms with Gasteiger partial charge in [-0.25, -0.2) is 0 Å². The number of hydrogen-bond donors (Lipinski definition) is 0. The minimum atomic E-state index is -0.0670. The average Bonchev–Trinajstić information content (AvgIpc) is 3.27. The van der Waals surface area contributed by atoms with Crippen LogP contribution in [0, 0.1) is 0 Å². The summed E-state index contributed by atoms with van der Waals surface area (Å²) >= 11 is 0. The Labute approximate surface area is 146 Å². The van der Waals surface area contributed by atoms with Crippen molar-refractivity contribution in [1.29, 1.82) is 0 Å². The Hall–Kier alpha value is -2.73. The number of aromatic nitrogens is 1. The highest BCUT2D eigenvalue weighted by Gasteiger charge is 2.28. The fourth-order valence-corrected chi connectivity index (χ4v) is 3.21. The van der Waals surface area contributed by atoms with Gasteiger partial charge in [-0.3, -0.25) is 4.79 Å². The Balaban J connectivity index is 1.51. The van der Waals surface area contributed by atoms with Gasteiger partial charge < -0.3 is 23.7 Å². The van der Waals surface area contributed by atoms with Crippen molar-refractivity contribution >= 4 is 12.0 Å². The van der Waals surface area contributed by atoms with Crippen LogP contribution in [-0.2, 0) is 16.6 Å². The van der Waals surface area contributed by atoms with E-state index in [1.54, 1.807) is 6.08 Å². The second-order valence-electron chi connectivity index (χ2n) is 6.11. The normalized spacial score (nSPS) is 19.6. The Morgan fingerprint density at radius 3 is 2.96 bits per heavy atom. The van der Waals surface area contributed by atoms with Crippen LogP contribution in [0.4, 0.5) is 0 Å². The summed E-state index contributed by atoms with van der Waals surface area (Å²) in [6.45, 7) is 1.90. The molecule has 6 heteroatoms. The maximum Gasteiger partial charge on any atom is 0.247 e. The van der Waals surface area contributed by atoms with Crippen molar-refractivity contribution in [1.82, 2.24) is 9.47 Å². The maximum absolute atomic E-state index is 12.7. The van der Waals surface area contributed by atoms with Gasteiger partial charge in [0, 0.05) is 31.6 Å². The molecular weight excluding hydrogens is 320 g/mol. The summed E-state index contributed by atoms with van der Waals surface area (Å²) in [5.41, 5.74) is 1.98. The lowest BCUT2D eigenvalue weighted by Crippen LogP contribution is -2.43. The molecule has 1 saturated heterocycles. The number of amides is 1. The van der Waals surface area contributed by atoms with Gasteiger partial charge in [0.1, 0.15) is 0 Å². The zero-order chi connectivity index (χ0) is 17.2. The van der Waals surface area contributed by atoms with Gasteiger partial charge in [-0.2, -0.15) is 0 Å². The van der Waals surface area contributed by atoms with E-state index in [9.17, 15) is 4.79 Å². The molecule has 1 aromatic carbocycles. The molecule has 0 spiro atoms. The van der Waals surface area contributed by atoms with E-state index in [-0.39, 0.29) is 18.7 Å². The van der Waals surface area contributed by atoms with Gasteiger partial charge in [0.2, 0.25) is 12.7 Å². The molecule has 2 aliphatic heterocycles. The van der Waals surface area contributed by atoms with Crippen LogP contribution in [0.5, 0.6) is 11.5 Å². The van der Waals surface area contributed by atoms with E-state index < -0.39 is 0 Å². The van der Waals surface area contributed by atoms with E-state index in [0.717, 1.165) is 17.0 Å². The number of nitrogens with zero attached hydrogens (tertiary/aromatic N) is 2. The first-order valence-corrected chi connectivity index (χ1v) is 8.30. The summed E-state index contributed by atoms with van der Waals surface area (Å²) in [4.78, 5) is 14.6. The molecule has 1 fully saturated rings. The highest BCUT2D eigenvalue weighted by molar-refractivity contribution is 5.92. The van der Waals surface area contributed by atoms with Crippen molar-refractivity contribution in [3.63, 3.8) is 0 Å². The van der Waals surface area contributed by atoms with Crippen LogP contribution in [0.1, 0.15) is 17.3 Å². The molecule has 0 radical (unpaired) electrons. The quantitative estimate of drug-likeness (QED) is 0.805. The fourth-order valence-electron chi connectivity index (χ4n) is 3.21. The molecule has 4 rings (SSSR count). The lowest BCUT2D eigenvalue weighted by Gasteiger charge is -2.35. The minimum absolute atomic E-state index is 0.0211.